The van der Waals surface area contributed by atoms with Crippen LogP contribution >= 0.6 is 0 Å². The Labute approximate surface area is 108 Å². The van der Waals surface area contributed by atoms with Gasteiger partial charge in [-0.25, -0.2) is 9.97 Å². The number of piperidine rings is 1. The molecule has 0 aromatic carbocycles. The molecule has 1 fully saturated rings. The molecule has 1 aliphatic rings. The summed E-state index contributed by atoms with van der Waals surface area (Å²) >= 11 is 0. The summed E-state index contributed by atoms with van der Waals surface area (Å²) in [6, 6.07) is 1.84. The van der Waals surface area contributed by atoms with Crippen LogP contribution in [0.5, 0.6) is 0 Å². The summed E-state index contributed by atoms with van der Waals surface area (Å²) in [5, 5.41) is 0. The minimum absolute atomic E-state index is 0.312. The first-order chi connectivity index (χ1) is 8.79. The highest BCUT2D eigenvalue weighted by atomic mass is 16.2. The normalized spacial score (nSPS) is 16.8. The summed E-state index contributed by atoms with van der Waals surface area (Å²) in [4.78, 5) is 22.3. The quantitative estimate of drug-likeness (QED) is 0.818. The van der Waals surface area contributed by atoms with Crippen molar-refractivity contribution >= 4 is 5.91 Å². The average molecular weight is 247 g/mol. The smallest absolute Gasteiger partial charge is 0.222 e. The molecule has 1 saturated heterocycles. The van der Waals surface area contributed by atoms with E-state index in [2.05, 4.69) is 16.9 Å². The molecule has 0 N–H and O–H groups in total. The van der Waals surface area contributed by atoms with Gasteiger partial charge in [0.1, 0.15) is 5.82 Å². The van der Waals surface area contributed by atoms with Crippen LogP contribution in [0.2, 0.25) is 0 Å². The Morgan fingerprint density at radius 1 is 1.33 bits per heavy atom. The minimum Gasteiger partial charge on any atom is -0.343 e. The summed E-state index contributed by atoms with van der Waals surface area (Å²) in [6.07, 6.45) is 8.31. The predicted molar refractivity (Wildman–Crippen MR) is 69.9 cm³/mol. The zero-order chi connectivity index (χ0) is 12.8. The van der Waals surface area contributed by atoms with Crippen LogP contribution in [0.15, 0.2) is 18.5 Å². The number of carbonyl (C=O) groups is 1. The van der Waals surface area contributed by atoms with E-state index in [4.69, 9.17) is 0 Å². The van der Waals surface area contributed by atoms with Gasteiger partial charge >= 0.3 is 0 Å². The maximum atomic E-state index is 11.8. The zero-order valence-corrected chi connectivity index (χ0v) is 11.0. The van der Waals surface area contributed by atoms with Crippen LogP contribution in [0.25, 0.3) is 0 Å². The predicted octanol–water partition coefficient (Wildman–Crippen LogP) is 2.06. The van der Waals surface area contributed by atoms with Gasteiger partial charge in [-0.05, 0) is 31.2 Å². The highest BCUT2D eigenvalue weighted by molar-refractivity contribution is 5.76. The molecule has 0 atom stereocenters. The lowest BCUT2D eigenvalue weighted by Crippen LogP contribution is -2.38. The van der Waals surface area contributed by atoms with E-state index in [1.807, 2.05) is 11.0 Å². The molecule has 1 aromatic heterocycles. The van der Waals surface area contributed by atoms with Crippen LogP contribution in [0, 0.1) is 5.92 Å². The van der Waals surface area contributed by atoms with E-state index in [0.29, 0.717) is 18.2 Å². The Morgan fingerprint density at radius 3 is 2.61 bits per heavy atom. The summed E-state index contributed by atoms with van der Waals surface area (Å²) in [5.41, 5.74) is 0. The minimum atomic E-state index is 0.312. The summed E-state index contributed by atoms with van der Waals surface area (Å²) in [5.74, 6) is 1.86. The van der Waals surface area contributed by atoms with E-state index in [-0.39, 0.29) is 0 Å². The van der Waals surface area contributed by atoms with E-state index < -0.39 is 0 Å². The molecular formula is C14H21N3O. The number of hydrogen-bond donors (Lipinski definition) is 0. The van der Waals surface area contributed by atoms with Crippen molar-refractivity contribution in [3.05, 3.63) is 24.3 Å². The van der Waals surface area contributed by atoms with Gasteiger partial charge in [0.15, 0.2) is 0 Å². The SMILES string of the molecule is CCCC(=O)N1CCC(Cc2ncccn2)CC1. The Kier molecular flexibility index (Phi) is 4.67. The molecule has 0 radical (unpaired) electrons. The molecule has 2 rings (SSSR count). The van der Waals surface area contributed by atoms with Crippen molar-refractivity contribution in [2.24, 2.45) is 5.92 Å². The summed E-state index contributed by atoms with van der Waals surface area (Å²) in [7, 11) is 0. The van der Waals surface area contributed by atoms with Gasteiger partial charge in [0.25, 0.3) is 0 Å². The van der Waals surface area contributed by atoms with Crippen molar-refractivity contribution in [1.82, 2.24) is 14.9 Å². The van der Waals surface area contributed by atoms with Gasteiger partial charge in [0.2, 0.25) is 5.91 Å². The second-order valence-electron chi connectivity index (χ2n) is 4.94. The third-order valence-corrected chi connectivity index (χ3v) is 3.52. The Morgan fingerprint density at radius 2 is 2.00 bits per heavy atom. The van der Waals surface area contributed by atoms with Gasteiger partial charge in [-0.1, -0.05) is 6.92 Å². The molecule has 0 bridgehead atoms. The van der Waals surface area contributed by atoms with E-state index in [0.717, 1.165) is 44.6 Å². The Balaban J connectivity index is 1.78. The van der Waals surface area contributed by atoms with Crippen molar-refractivity contribution in [3.63, 3.8) is 0 Å². The first kappa shape index (κ1) is 13.0. The summed E-state index contributed by atoms with van der Waals surface area (Å²) in [6.45, 7) is 3.85. The van der Waals surface area contributed by atoms with Gasteiger partial charge in [0, 0.05) is 38.3 Å². The number of carbonyl (C=O) groups excluding carboxylic acids is 1. The van der Waals surface area contributed by atoms with Crippen molar-refractivity contribution in [3.8, 4) is 0 Å². The molecule has 0 aliphatic carbocycles. The second-order valence-corrected chi connectivity index (χ2v) is 4.94. The van der Waals surface area contributed by atoms with E-state index >= 15 is 0 Å². The molecule has 98 valence electrons. The van der Waals surface area contributed by atoms with Crippen LogP contribution in [0.4, 0.5) is 0 Å². The third-order valence-electron chi connectivity index (χ3n) is 3.52. The van der Waals surface area contributed by atoms with Gasteiger partial charge < -0.3 is 4.90 Å². The number of rotatable bonds is 4. The monoisotopic (exact) mass is 247 g/mol. The van der Waals surface area contributed by atoms with Crippen molar-refractivity contribution in [2.75, 3.05) is 13.1 Å². The van der Waals surface area contributed by atoms with Gasteiger partial charge in [-0.2, -0.15) is 0 Å². The highest BCUT2D eigenvalue weighted by Gasteiger charge is 2.22. The molecule has 0 saturated carbocycles. The van der Waals surface area contributed by atoms with Crippen LogP contribution in [0.3, 0.4) is 0 Å². The maximum absolute atomic E-state index is 11.8. The topological polar surface area (TPSA) is 46.1 Å². The largest absolute Gasteiger partial charge is 0.343 e. The molecule has 4 heteroatoms. The van der Waals surface area contributed by atoms with Crippen molar-refractivity contribution in [1.29, 1.82) is 0 Å². The van der Waals surface area contributed by atoms with E-state index in [1.54, 1.807) is 12.4 Å². The van der Waals surface area contributed by atoms with Crippen molar-refractivity contribution in [2.45, 2.75) is 39.0 Å². The number of aromatic nitrogens is 2. The van der Waals surface area contributed by atoms with Crippen LogP contribution in [-0.2, 0) is 11.2 Å². The average Bonchev–Trinajstić information content (AvgIpc) is 2.41. The molecule has 4 nitrogen and oxygen atoms in total. The first-order valence-electron chi connectivity index (χ1n) is 6.83. The van der Waals surface area contributed by atoms with Gasteiger partial charge in [-0.15, -0.1) is 0 Å². The third kappa shape index (κ3) is 3.52. The molecule has 18 heavy (non-hydrogen) atoms. The van der Waals surface area contributed by atoms with Gasteiger partial charge in [-0.3, -0.25) is 4.79 Å². The van der Waals surface area contributed by atoms with Crippen molar-refractivity contribution < 1.29 is 4.79 Å². The second kappa shape index (κ2) is 6.47. The number of nitrogens with zero attached hydrogens (tertiary/aromatic N) is 3. The fraction of sp³-hybridized carbons (Fsp3) is 0.643. The van der Waals surface area contributed by atoms with E-state index in [9.17, 15) is 4.79 Å². The number of amides is 1. The number of likely N-dealkylation sites (tertiary alicyclic amines) is 1. The summed E-state index contributed by atoms with van der Waals surface area (Å²) < 4.78 is 0. The molecule has 1 aliphatic heterocycles. The lowest BCUT2D eigenvalue weighted by atomic mass is 9.93. The highest BCUT2D eigenvalue weighted by Crippen LogP contribution is 2.20. The molecule has 1 aromatic rings. The Bertz CT molecular complexity index is 372. The van der Waals surface area contributed by atoms with Crippen LogP contribution < -0.4 is 0 Å². The molecule has 1 amide bonds. The van der Waals surface area contributed by atoms with Crippen LogP contribution in [-0.4, -0.2) is 33.9 Å². The Hall–Kier alpha value is -1.45. The lowest BCUT2D eigenvalue weighted by molar-refractivity contribution is -0.132. The van der Waals surface area contributed by atoms with Gasteiger partial charge in [0.05, 0.1) is 0 Å². The fourth-order valence-electron chi connectivity index (χ4n) is 2.45. The molecular weight excluding hydrogens is 226 g/mol. The lowest BCUT2D eigenvalue weighted by Gasteiger charge is -2.31. The fourth-order valence-corrected chi connectivity index (χ4v) is 2.45. The molecule has 0 spiro atoms. The maximum Gasteiger partial charge on any atom is 0.222 e. The zero-order valence-electron chi connectivity index (χ0n) is 11.0. The first-order valence-corrected chi connectivity index (χ1v) is 6.83. The number of hydrogen-bond acceptors (Lipinski definition) is 3. The standard InChI is InChI=1S/C14H21N3O/c1-2-4-14(18)17-9-5-12(6-10-17)11-13-15-7-3-8-16-13/h3,7-8,12H,2,4-6,9-11H2,1H3. The van der Waals surface area contributed by atoms with E-state index in [1.165, 1.54) is 0 Å². The van der Waals surface area contributed by atoms with Crippen LogP contribution in [0.1, 0.15) is 38.4 Å². The molecule has 0 unspecified atom stereocenters. The molecule has 2 heterocycles.